The molecular formula is C36H47NO11. The lowest BCUT2D eigenvalue weighted by molar-refractivity contribution is -0.186. The monoisotopic (exact) mass is 669 g/mol. The number of carbonyl (C=O) groups is 6. The summed E-state index contributed by atoms with van der Waals surface area (Å²) in [4.78, 5) is 83.0. The van der Waals surface area contributed by atoms with Crippen molar-refractivity contribution in [2.24, 2.45) is 29.1 Å². The van der Waals surface area contributed by atoms with Crippen molar-refractivity contribution in [3.8, 4) is 0 Å². The average molecular weight is 670 g/mol. The summed E-state index contributed by atoms with van der Waals surface area (Å²) in [6.07, 6.45) is 1.17. The third-order valence-electron chi connectivity index (χ3n) is 8.78. The van der Waals surface area contributed by atoms with Crippen LogP contribution < -0.4 is 0 Å². The van der Waals surface area contributed by atoms with E-state index in [4.69, 9.17) is 23.7 Å². The zero-order chi connectivity index (χ0) is 36.1. The third-order valence-corrected chi connectivity index (χ3v) is 8.78. The number of ether oxygens (including phenoxy) is 5. The number of Topliss-reactive ketones (excluding diaryl/α,β-unsaturated/α-hetero) is 1. The van der Waals surface area contributed by atoms with Gasteiger partial charge in [-0.3, -0.25) is 29.0 Å². The second-order valence-electron chi connectivity index (χ2n) is 13.7. The molecule has 1 aromatic heterocycles. The minimum atomic E-state index is -1.90. The Kier molecular flexibility index (Phi) is 12.1. The molecule has 0 N–H and O–H groups in total. The summed E-state index contributed by atoms with van der Waals surface area (Å²) >= 11 is 0. The number of rotatable bonds is 7. The van der Waals surface area contributed by atoms with E-state index >= 15 is 0 Å². The molecule has 12 nitrogen and oxygen atoms in total. The number of hydrogen-bond donors (Lipinski definition) is 0. The minimum Gasteiger partial charge on any atom is -0.461 e. The number of allylic oxidation sites excluding steroid dienone is 1. The Bertz CT molecular complexity index is 1450. The summed E-state index contributed by atoms with van der Waals surface area (Å²) in [5.41, 5.74) is -2.64. The summed E-state index contributed by atoms with van der Waals surface area (Å²) in [6, 6.07) is 3.10. The Morgan fingerprint density at radius 1 is 0.958 bits per heavy atom. The van der Waals surface area contributed by atoms with Gasteiger partial charge >= 0.3 is 29.8 Å². The Labute approximate surface area is 281 Å². The van der Waals surface area contributed by atoms with Crippen molar-refractivity contribution in [3.05, 3.63) is 54.4 Å². The predicted octanol–water partition coefficient (Wildman–Crippen LogP) is 4.74. The van der Waals surface area contributed by atoms with Gasteiger partial charge in [-0.25, -0.2) is 4.79 Å². The van der Waals surface area contributed by atoms with Gasteiger partial charge in [0, 0.05) is 57.3 Å². The lowest BCUT2D eigenvalue weighted by Crippen LogP contribution is -2.56. The van der Waals surface area contributed by atoms with Crippen molar-refractivity contribution in [2.75, 3.05) is 0 Å². The maximum atomic E-state index is 14.6. The van der Waals surface area contributed by atoms with Crippen molar-refractivity contribution < 1.29 is 52.5 Å². The highest BCUT2D eigenvalue weighted by Crippen LogP contribution is 2.51. The molecule has 0 radical (unpaired) electrons. The molecule has 1 saturated carbocycles. The molecule has 262 valence electrons. The van der Waals surface area contributed by atoms with Crippen molar-refractivity contribution in [1.29, 1.82) is 0 Å². The maximum Gasteiger partial charge on any atom is 0.340 e. The van der Waals surface area contributed by atoms with Crippen molar-refractivity contribution >= 4 is 35.6 Å². The summed E-state index contributed by atoms with van der Waals surface area (Å²) in [5, 5.41) is 0. The number of pyridine rings is 1. The van der Waals surface area contributed by atoms with Crippen LogP contribution in [-0.4, -0.2) is 70.6 Å². The van der Waals surface area contributed by atoms with Crippen molar-refractivity contribution in [1.82, 2.24) is 4.98 Å². The van der Waals surface area contributed by atoms with Crippen LogP contribution in [0.2, 0.25) is 0 Å². The van der Waals surface area contributed by atoms with E-state index in [0.29, 0.717) is 0 Å². The summed E-state index contributed by atoms with van der Waals surface area (Å²) < 4.78 is 29.6. The Balaban J connectivity index is 2.31. The van der Waals surface area contributed by atoms with Crippen LogP contribution in [-0.2, 0) is 47.7 Å². The first kappa shape index (κ1) is 38.1. The largest absolute Gasteiger partial charge is 0.461 e. The molecule has 2 aliphatic carbocycles. The van der Waals surface area contributed by atoms with Gasteiger partial charge in [0.25, 0.3) is 0 Å². The normalized spacial score (nSPS) is 30.2. The topological polar surface area (TPSA) is 161 Å². The molecule has 0 amide bonds. The molecule has 0 saturated heterocycles. The van der Waals surface area contributed by atoms with E-state index in [1.165, 1.54) is 39.2 Å². The molecule has 0 aliphatic heterocycles. The summed E-state index contributed by atoms with van der Waals surface area (Å²) in [6.45, 7) is 17.9. The molecular weight excluding hydrogens is 622 g/mol. The maximum absolute atomic E-state index is 14.6. The van der Waals surface area contributed by atoms with Crippen LogP contribution in [0.15, 0.2) is 48.8 Å². The van der Waals surface area contributed by atoms with Gasteiger partial charge < -0.3 is 23.7 Å². The van der Waals surface area contributed by atoms with E-state index < -0.39 is 94.7 Å². The SMILES string of the molecule is C=C1CC(OC(C)=O)C(OC(=O)c2cccnc2)C(C)(C)C=CC(C)C(=O)C2(OC(C)=O)CC(C)C(OC(=O)C(C)C)C2C1OC(C)=O. The first-order valence-corrected chi connectivity index (χ1v) is 16.1. The fourth-order valence-corrected chi connectivity index (χ4v) is 6.63. The van der Waals surface area contributed by atoms with Crippen LogP contribution in [0, 0.1) is 29.1 Å². The number of nitrogens with zero attached hydrogens (tertiary/aromatic N) is 1. The highest BCUT2D eigenvalue weighted by atomic mass is 16.6. The molecule has 1 heterocycles. The fourth-order valence-electron chi connectivity index (χ4n) is 6.63. The van der Waals surface area contributed by atoms with Crippen LogP contribution in [0.25, 0.3) is 0 Å². The van der Waals surface area contributed by atoms with Gasteiger partial charge in [0.05, 0.1) is 17.4 Å². The van der Waals surface area contributed by atoms with Gasteiger partial charge in [0.15, 0.2) is 11.4 Å². The molecule has 12 heteroatoms. The molecule has 8 unspecified atom stereocenters. The van der Waals surface area contributed by atoms with Gasteiger partial charge in [0.2, 0.25) is 0 Å². The first-order valence-electron chi connectivity index (χ1n) is 16.1. The Hall–Kier alpha value is -4.35. The molecule has 8 atom stereocenters. The molecule has 1 aromatic rings. The molecule has 1 fully saturated rings. The number of ketones is 1. The van der Waals surface area contributed by atoms with E-state index in [0.717, 1.165) is 0 Å². The molecule has 0 spiro atoms. The lowest BCUT2D eigenvalue weighted by atomic mass is 9.72. The molecule has 0 aromatic carbocycles. The van der Waals surface area contributed by atoms with Gasteiger partial charge in [-0.1, -0.05) is 60.3 Å². The van der Waals surface area contributed by atoms with Gasteiger partial charge in [-0.05, 0) is 23.6 Å². The summed E-state index contributed by atoms with van der Waals surface area (Å²) in [7, 11) is 0. The number of esters is 5. The highest BCUT2D eigenvalue weighted by Gasteiger charge is 2.65. The molecule has 48 heavy (non-hydrogen) atoms. The molecule has 0 bridgehead atoms. The third kappa shape index (κ3) is 8.56. The van der Waals surface area contributed by atoms with Crippen LogP contribution in [0.4, 0.5) is 0 Å². The number of fused-ring (bicyclic) bond motifs is 1. The highest BCUT2D eigenvalue weighted by molar-refractivity contribution is 5.93. The van der Waals surface area contributed by atoms with E-state index in [1.807, 2.05) is 0 Å². The van der Waals surface area contributed by atoms with Gasteiger partial charge in [0.1, 0.15) is 24.4 Å². The molecule has 2 aliphatic rings. The molecule has 3 rings (SSSR count). The lowest BCUT2D eigenvalue weighted by Gasteiger charge is -2.42. The van der Waals surface area contributed by atoms with Gasteiger partial charge in [-0.15, -0.1) is 0 Å². The van der Waals surface area contributed by atoms with Crippen molar-refractivity contribution in [3.63, 3.8) is 0 Å². The van der Waals surface area contributed by atoms with Crippen LogP contribution in [0.5, 0.6) is 0 Å². The van der Waals surface area contributed by atoms with Gasteiger partial charge in [-0.2, -0.15) is 0 Å². The van der Waals surface area contributed by atoms with Crippen molar-refractivity contribution in [2.45, 2.75) is 105 Å². The second-order valence-corrected chi connectivity index (χ2v) is 13.7. The minimum absolute atomic E-state index is 0.0303. The number of aromatic nitrogens is 1. The Morgan fingerprint density at radius 2 is 1.60 bits per heavy atom. The van der Waals surface area contributed by atoms with E-state index in [2.05, 4.69) is 11.6 Å². The van der Waals surface area contributed by atoms with E-state index in [-0.39, 0.29) is 24.0 Å². The van der Waals surface area contributed by atoms with E-state index in [1.54, 1.807) is 59.8 Å². The summed E-state index contributed by atoms with van der Waals surface area (Å²) in [5.74, 6) is -7.16. The number of carbonyl (C=O) groups excluding carboxylic acids is 6. The second kappa shape index (κ2) is 15.3. The van der Waals surface area contributed by atoms with Crippen LogP contribution >= 0.6 is 0 Å². The van der Waals surface area contributed by atoms with Crippen LogP contribution in [0.3, 0.4) is 0 Å². The van der Waals surface area contributed by atoms with E-state index in [9.17, 15) is 28.8 Å². The number of hydrogen-bond acceptors (Lipinski definition) is 12. The standard InChI is InChI=1S/C36H47NO11/c1-19(2)33(42)46-30-22(5)17-36(48-25(8)40)28(30)29(45-24(7)39)21(4)16-27(44-23(6)38)32(35(9,10)14-13-20(3)31(36)41)47-34(43)26-12-11-15-37-18-26/h11-15,18-20,22,27-30,32H,4,16-17H2,1-3,5-10H3. The quantitative estimate of drug-likeness (QED) is 0.223. The smallest absolute Gasteiger partial charge is 0.340 e. The first-order chi connectivity index (χ1) is 22.3. The Morgan fingerprint density at radius 3 is 2.15 bits per heavy atom. The zero-order valence-corrected chi connectivity index (χ0v) is 29.1. The van der Waals surface area contributed by atoms with Crippen LogP contribution in [0.1, 0.15) is 85.5 Å². The fraction of sp³-hybridized carbons (Fsp3) is 0.583. The zero-order valence-electron chi connectivity index (χ0n) is 29.1. The predicted molar refractivity (Wildman–Crippen MR) is 172 cm³/mol. The average Bonchev–Trinajstić information content (AvgIpc) is 3.26.